The highest BCUT2D eigenvalue weighted by Crippen LogP contribution is 2.25. The van der Waals surface area contributed by atoms with Crippen molar-refractivity contribution in [2.45, 2.75) is 26.3 Å². The number of pyridine rings is 1. The monoisotopic (exact) mass is 204 g/mol. The van der Waals surface area contributed by atoms with Crippen molar-refractivity contribution >= 4 is 11.5 Å². The lowest BCUT2D eigenvalue weighted by atomic mass is 9.90. The van der Waals surface area contributed by atoms with Crippen molar-refractivity contribution in [3.63, 3.8) is 0 Å². The maximum atomic E-state index is 11.5. The van der Waals surface area contributed by atoms with Crippen LogP contribution in [0.3, 0.4) is 0 Å². The molecule has 15 heavy (non-hydrogen) atoms. The van der Waals surface area contributed by atoms with E-state index in [1.807, 2.05) is 25.3 Å². The van der Waals surface area contributed by atoms with Crippen molar-refractivity contribution in [3.05, 3.63) is 24.5 Å². The Balaban J connectivity index is 2.21. The Hall–Kier alpha value is -1.38. The Morgan fingerprint density at radius 3 is 2.93 bits per heavy atom. The molecule has 1 aliphatic rings. The molecule has 80 valence electrons. The number of hydrogen-bond acceptors (Lipinski definition) is 3. The molecule has 1 saturated heterocycles. The number of ketones is 1. The Labute approximate surface area is 90.1 Å². The molecular weight excluding hydrogens is 188 g/mol. The lowest BCUT2D eigenvalue weighted by Crippen LogP contribution is -2.46. The zero-order valence-electron chi connectivity index (χ0n) is 9.18. The minimum absolute atomic E-state index is 0.124. The Bertz CT molecular complexity index is 350. The van der Waals surface area contributed by atoms with Gasteiger partial charge in [0.1, 0.15) is 5.78 Å². The second kappa shape index (κ2) is 4.01. The SMILES string of the molecule is CC1C(=O)CCN(c2cccnc2)C1C. The quantitative estimate of drug-likeness (QED) is 0.700. The lowest BCUT2D eigenvalue weighted by Gasteiger charge is -2.38. The molecule has 0 radical (unpaired) electrons. The Morgan fingerprint density at radius 1 is 1.47 bits per heavy atom. The van der Waals surface area contributed by atoms with E-state index in [0.29, 0.717) is 12.2 Å². The van der Waals surface area contributed by atoms with E-state index in [1.54, 1.807) is 6.20 Å². The number of anilines is 1. The van der Waals surface area contributed by atoms with Crippen LogP contribution in [0.15, 0.2) is 24.5 Å². The molecule has 1 aliphatic heterocycles. The number of carbonyl (C=O) groups excluding carboxylic acids is 1. The van der Waals surface area contributed by atoms with E-state index in [9.17, 15) is 4.79 Å². The van der Waals surface area contributed by atoms with E-state index in [4.69, 9.17) is 0 Å². The summed E-state index contributed by atoms with van der Waals surface area (Å²) in [6.45, 7) is 4.93. The van der Waals surface area contributed by atoms with Crippen LogP contribution in [-0.2, 0) is 4.79 Å². The van der Waals surface area contributed by atoms with Crippen molar-refractivity contribution in [3.8, 4) is 0 Å². The number of Topliss-reactive ketones (excluding diaryl/α,β-unsaturated/α-hetero) is 1. The van der Waals surface area contributed by atoms with Gasteiger partial charge < -0.3 is 4.90 Å². The summed E-state index contributed by atoms with van der Waals surface area (Å²) >= 11 is 0. The Morgan fingerprint density at radius 2 is 2.27 bits per heavy atom. The molecule has 0 amide bonds. The number of carbonyl (C=O) groups is 1. The van der Waals surface area contributed by atoms with Gasteiger partial charge in [-0.3, -0.25) is 9.78 Å². The zero-order valence-corrected chi connectivity index (χ0v) is 9.18. The van der Waals surface area contributed by atoms with Gasteiger partial charge in [0.2, 0.25) is 0 Å². The highest BCUT2D eigenvalue weighted by molar-refractivity contribution is 5.83. The predicted molar refractivity (Wildman–Crippen MR) is 59.8 cm³/mol. The topological polar surface area (TPSA) is 33.2 Å². The maximum absolute atomic E-state index is 11.5. The molecule has 3 nitrogen and oxygen atoms in total. The van der Waals surface area contributed by atoms with Gasteiger partial charge in [-0.25, -0.2) is 0 Å². The first kappa shape index (κ1) is 10.1. The van der Waals surface area contributed by atoms with Crippen LogP contribution in [0.25, 0.3) is 0 Å². The molecule has 0 bridgehead atoms. The molecule has 1 fully saturated rings. The van der Waals surface area contributed by atoms with Crippen molar-refractivity contribution in [1.29, 1.82) is 0 Å². The predicted octanol–water partition coefficient (Wildman–Crippen LogP) is 1.89. The maximum Gasteiger partial charge on any atom is 0.139 e. The second-order valence-electron chi connectivity index (χ2n) is 4.15. The highest BCUT2D eigenvalue weighted by Gasteiger charge is 2.30. The standard InChI is InChI=1S/C12H16N2O/c1-9-10(2)14(7-5-12(9)15)11-4-3-6-13-8-11/h3-4,6,8-10H,5,7H2,1-2H3. The third kappa shape index (κ3) is 1.87. The average Bonchev–Trinajstić information content (AvgIpc) is 2.27. The van der Waals surface area contributed by atoms with Crippen LogP contribution in [0.1, 0.15) is 20.3 Å². The fourth-order valence-corrected chi connectivity index (χ4v) is 2.09. The molecule has 0 aromatic carbocycles. The minimum atomic E-state index is 0.124. The van der Waals surface area contributed by atoms with Crippen LogP contribution >= 0.6 is 0 Å². The van der Waals surface area contributed by atoms with Crippen molar-refractivity contribution in [1.82, 2.24) is 4.98 Å². The number of hydrogen-bond donors (Lipinski definition) is 0. The number of nitrogens with zero attached hydrogens (tertiary/aromatic N) is 2. The van der Waals surface area contributed by atoms with E-state index < -0.39 is 0 Å². The Kier molecular flexibility index (Phi) is 2.71. The van der Waals surface area contributed by atoms with Gasteiger partial charge in [0.25, 0.3) is 0 Å². The number of piperidine rings is 1. The lowest BCUT2D eigenvalue weighted by molar-refractivity contribution is -0.123. The summed E-state index contributed by atoms with van der Waals surface area (Å²) in [5.74, 6) is 0.501. The molecule has 2 rings (SSSR count). The van der Waals surface area contributed by atoms with Gasteiger partial charge in [-0.2, -0.15) is 0 Å². The van der Waals surface area contributed by atoms with Crippen molar-refractivity contribution in [2.24, 2.45) is 5.92 Å². The summed E-state index contributed by atoms with van der Waals surface area (Å²) in [4.78, 5) is 17.9. The highest BCUT2D eigenvalue weighted by atomic mass is 16.1. The summed E-state index contributed by atoms with van der Waals surface area (Å²) in [5.41, 5.74) is 1.12. The van der Waals surface area contributed by atoms with Crippen molar-refractivity contribution < 1.29 is 4.79 Å². The molecule has 1 aromatic rings. The van der Waals surface area contributed by atoms with E-state index >= 15 is 0 Å². The van der Waals surface area contributed by atoms with E-state index in [0.717, 1.165) is 12.2 Å². The second-order valence-corrected chi connectivity index (χ2v) is 4.15. The van der Waals surface area contributed by atoms with Gasteiger partial charge in [-0.05, 0) is 19.1 Å². The summed E-state index contributed by atoms with van der Waals surface area (Å²) in [6, 6.07) is 4.25. The van der Waals surface area contributed by atoms with Gasteiger partial charge in [0, 0.05) is 31.1 Å². The molecular formula is C12H16N2O. The third-order valence-corrected chi connectivity index (χ3v) is 3.30. The minimum Gasteiger partial charge on any atom is -0.366 e. The summed E-state index contributed by atoms with van der Waals surface area (Å²) < 4.78 is 0. The normalized spacial score (nSPS) is 26.8. The van der Waals surface area contributed by atoms with E-state index in [1.165, 1.54) is 0 Å². The number of rotatable bonds is 1. The molecule has 0 spiro atoms. The van der Waals surface area contributed by atoms with Crippen LogP contribution in [0, 0.1) is 5.92 Å². The van der Waals surface area contributed by atoms with Crippen LogP contribution in [-0.4, -0.2) is 23.4 Å². The fraction of sp³-hybridized carbons (Fsp3) is 0.500. The first-order valence-electron chi connectivity index (χ1n) is 5.39. The molecule has 2 heterocycles. The average molecular weight is 204 g/mol. The zero-order chi connectivity index (χ0) is 10.8. The summed E-state index contributed by atoms with van der Waals surface area (Å²) in [5, 5.41) is 0. The van der Waals surface area contributed by atoms with Gasteiger partial charge in [-0.15, -0.1) is 0 Å². The molecule has 0 aliphatic carbocycles. The van der Waals surface area contributed by atoms with Gasteiger partial charge >= 0.3 is 0 Å². The molecule has 1 aromatic heterocycles. The first-order valence-corrected chi connectivity index (χ1v) is 5.39. The fourth-order valence-electron chi connectivity index (χ4n) is 2.09. The van der Waals surface area contributed by atoms with Gasteiger partial charge in [-0.1, -0.05) is 6.92 Å². The number of aromatic nitrogens is 1. The van der Waals surface area contributed by atoms with Crippen molar-refractivity contribution in [2.75, 3.05) is 11.4 Å². The molecule has 2 unspecified atom stereocenters. The molecule has 0 saturated carbocycles. The van der Waals surface area contributed by atoms with Gasteiger partial charge in [0.15, 0.2) is 0 Å². The summed E-state index contributed by atoms with van der Waals surface area (Å²) in [6.07, 6.45) is 4.28. The van der Waals surface area contributed by atoms with Crippen LogP contribution in [0.2, 0.25) is 0 Å². The third-order valence-electron chi connectivity index (χ3n) is 3.30. The molecule has 2 atom stereocenters. The molecule has 0 N–H and O–H groups in total. The summed E-state index contributed by atoms with van der Waals surface area (Å²) in [7, 11) is 0. The van der Waals surface area contributed by atoms with Crippen LogP contribution in [0.4, 0.5) is 5.69 Å². The van der Waals surface area contributed by atoms with E-state index in [2.05, 4.69) is 16.8 Å². The first-order chi connectivity index (χ1) is 7.20. The largest absolute Gasteiger partial charge is 0.366 e. The smallest absolute Gasteiger partial charge is 0.139 e. The van der Waals surface area contributed by atoms with E-state index in [-0.39, 0.29) is 12.0 Å². The molecule has 3 heteroatoms. The van der Waals surface area contributed by atoms with Gasteiger partial charge in [0.05, 0.1) is 11.9 Å². The van der Waals surface area contributed by atoms with Crippen LogP contribution in [0.5, 0.6) is 0 Å². The van der Waals surface area contributed by atoms with Crippen LogP contribution < -0.4 is 4.90 Å².